The largest absolute Gasteiger partial charge is 0.454 e. The zero-order valence-corrected chi connectivity index (χ0v) is 13.9. The molecule has 0 atom stereocenters. The number of pyridine rings is 1. The third kappa shape index (κ3) is 2.80. The Bertz CT molecular complexity index is 726. The maximum atomic E-state index is 5.62. The van der Waals surface area contributed by atoms with E-state index >= 15 is 0 Å². The molecule has 0 bridgehead atoms. The minimum atomic E-state index is 0.0366. The van der Waals surface area contributed by atoms with E-state index in [0.717, 1.165) is 55.4 Å². The van der Waals surface area contributed by atoms with Crippen LogP contribution in [0.2, 0.25) is 0 Å². The number of aromatic nitrogens is 1. The molecule has 1 fully saturated rings. The molecular formula is C19H22N2O3. The molecule has 0 saturated carbocycles. The van der Waals surface area contributed by atoms with E-state index < -0.39 is 0 Å². The van der Waals surface area contributed by atoms with Gasteiger partial charge in [0, 0.05) is 43.3 Å². The summed E-state index contributed by atoms with van der Waals surface area (Å²) in [6.45, 7) is 4.81. The molecule has 5 heteroatoms. The summed E-state index contributed by atoms with van der Waals surface area (Å²) in [6, 6.07) is 8.35. The van der Waals surface area contributed by atoms with Gasteiger partial charge in [0.05, 0.1) is 0 Å². The average Bonchev–Trinajstić information content (AvgIpc) is 3.10. The number of aryl methyl sites for hydroxylation is 1. The second-order valence-electron chi connectivity index (χ2n) is 6.50. The Hall–Kier alpha value is -2.27. The minimum Gasteiger partial charge on any atom is -0.454 e. The highest BCUT2D eigenvalue weighted by molar-refractivity contribution is 5.51. The predicted molar refractivity (Wildman–Crippen MR) is 91.8 cm³/mol. The fourth-order valence-electron chi connectivity index (χ4n) is 3.49. The number of fused-ring (bicyclic) bond motifs is 1. The van der Waals surface area contributed by atoms with Crippen LogP contribution in [0.25, 0.3) is 0 Å². The molecular weight excluding hydrogens is 304 g/mol. The molecule has 0 unspecified atom stereocenters. The molecule has 126 valence electrons. The molecule has 1 N–H and O–H groups in total. The first kappa shape index (κ1) is 15.3. The summed E-state index contributed by atoms with van der Waals surface area (Å²) in [4.78, 5) is 4.16. The van der Waals surface area contributed by atoms with E-state index in [1.807, 2.05) is 24.5 Å². The first-order chi connectivity index (χ1) is 11.8. The van der Waals surface area contributed by atoms with Crippen molar-refractivity contribution in [2.24, 2.45) is 0 Å². The fraction of sp³-hybridized carbons (Fsp3) is 0.421. The zero-order valence-electron chi connectivity index (χ0n) is 13.9. The molecule has 24 heavy (non-hydrogen) atoms. The van der Waals surface area contributed by atoms with E-state index in [0.29, 0.717) is 6.79 Å². The molecule has 0 aliphatic carbocycles. The normalized spacial score (nSPS) is 18.4. The van der Waals surface area contributed by atoms with Crippen LogP contribution in [0.1, 0.15) is 24.0 Å². The van der Waals surface area contributed by atoms with Gasteiger partial charge in [-0.2, -0.15) is 0 Å². The average molecular weight is 326 g/mol. The van der Waals surface area contributed by atoms with E-state index in [9.17, 15) is 0 Å². The van der Waals surface area contributed by atoms with Gasteiger partial charge in [-0.1, -0.05) is 6.07 Å². The molecule has 1 aromatic heterocycles. The lowest BCUT2D eigenvalue weighted by Crippen LogP contribution is -2.40. The lowest BCUT2D eigenvalue weighted by Gasteiger charge is -2.38. The lowest BCUT2D eigenvalue weighted by molar-refractivity contribution is 0.0543. The Morgan fingerprint density at radius 1 is 1.12 bits per heavy atom. The first-order valence-electron chi connectivity index (χ1n) is 8.39. The molecule has 3 heterocycles. The Morgan fingerprint density at radius 3 is 2.79 bits per heavy atom. The highest BCUT2D eigenvalue weighted by Gasteiger charge is 2.35. The standard InChI is InChI=1S/C19H22N2O3/c1-14-11-20-7-4-16(14)21-12-19(5-8-22-9-6-19)15-2-3-17-18(10-15)24-13-23-17/h2-4,7,10-11H,5-6,8-9,12-13H2,1H3,(H,20,21). The van der Waals surface area contributed by atoms with Crippen molar-refractivity contribution in [1.29, 1.82) is 0 Å². The molecule has 4 rings (SSSR count). The number of ether oxygens (including phenoxy) is 3. The SMILES string of the molecule is Cc1cnccc1NCC1(c2ccc3c(c2)OCO3)CCOCC1. The van der Waals surface area contributed by atoms with Crippen molar-refractivity contribution in [2.75, 3.05) is 31.9 Å². The van der Waals surface area contributed by atoms with Crippen LogP contribution in [0.3, 0.4) is 0 Å². The smallest absolute Gasteiger partial charge is 0.231 e. The third-order valence-electron chi connectivity index (χ3n) is 5.07. The summed E-state index contributed by atoms with van der Waals surface area (Å²) in [5.74, 6) is 1.68. The Labute approximate surface area is 142 Å². The van der Waals surface area contributed by atoms with Crippen LogP contribution in [0, 0.1) is 6.92 Å². The Balaban J connectivity index is 1.62. The van der Waals surface area contributed by atoms with Gasteiger partial charge in [0.25, 0.3) is 0 Å². The van der Waals surface area contributed by atoms with E-state index in [-0.39, 0.29) is 5.41 Å². The Morgan fingerprint density at radius 2 is 1.96 bits per heavy atom. The van der Waals surface area contributed by atoms with E-state index in [2.05, 4.69) is 29.4 Å². The second-order valence-corrected chi connectivity index (χ2v) is 6.50. The molecule has 0 amide bonds. The zero-order chi connectivity index (χ0) is 16.4. The molecule has 0 radical (unpaired) electrons. The summed E-state index contributed by atoms with van der Waals surface area (Å²) in [5.41, 5.74) is 3.62. The van der Waals surface area contributed by atoms with Crippen molar-refractivity contribution in [3.05, 3.63) is 47.8 Å². The number of nitrogens with zero attached hydrogens (tertiary/aromatic N) is 1. The number of hydrogen-bond acceptors (Lipinski definition) is 5. The number of benzene rings is 1. The minimum absolute atomic E-state index is 0.0366. The molecule has 1 saturated heterocycles. The quantitative estimate of drug-likeness (QED) is 0.934. The molecule has 2 aromatic rings. The summed E-state index contributed by atoms with van der Waals surface area (Å²) in [6.07, 6.45) is 5.69. The van der Waals surface area contributed by atoms with Gasteiger partial charge in [-0.25, -0.2) is 0 Å². The molecule has 0 spiro atoms. The maximum Gasteiger partial charge on any atom is 0.231 e. The van der Waals surface area contributed by atoms with Gasteiger partial charge in [-0.15, -0.1) is 0 Å². The monoisotopic (exact) mass is 326 g/mol. The Kier molecular flexibility index (Phi) is 4.02. The molecule has 5 nitrogen and oxygen atoms in total. The predicted octanol–water partition coefficient (Wildman–Crippen LogP) is 3.28. The first-order valence-corrected chi connectivity index (χ1v) is 8.39. The van der Waals surface area contributed by atoms with Crippen molar-refractivity contribution in [3.63, 3.8) is 0 Å². The van der Waals surface area contributed by atoms with E-state index in [4.69, 9.17) is 14.2 Å². The van der Waals surface area contributed by atoms with Gasteiger partial charge in [0.15, 0.2) is 11.5 Å². The van der Waals surface area contributed by atoms with E-state index in [1.54, 1.807) is 0 Å². The molecule has 2 aliphatic rings. The highest BCUT2D eigenvalue weighted by Crippen LogP contribution is 2.41. The molecule has 1 aromatic carbocycles. The highest BCUT2D eigenvalue weighted by atomic mass is 16.7. The third-order valence-corrected chi connectivity index (χ3v) is 5.07. The summed E-state index contributed by atoms with van der Waals surface area (Å²) < 4.78 is 16.6. The van der Waals surface area contributed by atoms with Crippen LogP contribution in [0.15, 0.2) is 36.7 Å². The fourth-order valence-corrected chi connectivity index (χ4v) is 3.49. The van der Waals surface area contributed by atoms with Gasteiger partial charge in [-0.3, -0.25) is 4.98 Å². The second kappa shape index (κ2) is 6.32. The topological polar surface area (TPSA) is 52.6 Å². The number of rotatable bonds is 4. The van der Waals surface area contributed by atoms with Crippen molar-refractivity contribution >= 4 is 5.69 Å². The van der Waals surface area contributed by atoms with Gasteiger partial charge in [-0.05, 0) is 49.1 Å². The van der Waals surface area contributed by atoms with E-state index in [1.165, 1.54) is 5.56 Å². The van der Waals surface area contributed by atoms with Crippen molar-refractivity contribution in [1.82, 2.24) is 4.98 Å². The summed E-state index contributed by atoms with van der Waals surface area (Å²) in [7, 11) is 0. The van der Waals surface area contributed by atoms with Crippen LogP contribution in [-0.4, -0.2) is 31.5 Å². The van der Waals surface area contributed by atoms with Gasteiger partial charge in [0.1, 0.15) is 0 Å². The van der Waals surface area contributed by atoms with Crippen molar-refractivity contribution < 1.29 is 14.2 Å². The maximum absolute atomic E-state index is 5.62. The number of anilines is 1. The van der Waals surface area contributed by atoms with Gasteiger partial charge >= 0.3 is 0 Å². The van der Waals surface area contributed by atoms with Crippen LogP contribution >= 0.6 is 0 Å². The number of nitrogens with one attached hydrogen (secondary N) is 1. The van der Waals surface area contributed by atoms with Crippen LogP contribution < -0.4 is 14.8 Å². The van der Waals surface area contributed by atoms with Gasteiger partial charge < -0.3 is 19.5 Å². The van der Waals surface area contributed by atoms with Crippen LogP contribution in [-0.2, 0) is 10.2 Å². The van der Waals surface area contributed by atoms with Crippen molar-refractivity contribution in [3.8, 4) is 11.5 Å². The van der Waals surface area contributed by atoms with Gasteiger partial charge in [0.2, 0.25) is 6.79 Å². The van der Waals surface area contributed by atoms with Crippen LogP contribution in [0.5, 0.6) is 11.5 Å². The molecule has 2 aliphatic heterocycles. The lowest BCUT2D eigenvalue weighted by atomic mass is 9.74. The summed E-state index contributed by atoms with van der Waals surface area (Å²) in [5, 5.41) is 3.62. The van der Waals surface area contributed by atoms with Crippen LogP contribution in [0.4, 0.5) is 5.69 Å². The number of hydrogen-bond donors (Lipinski definition) is 1. The van der Waals surface area contributed by atoms with Crippen molar-refractivity contribution in [2.45, 2.75) is 25.2 Å². The summed E-state index contributed by atoms with van der Waals surface area (Å²) >= 11 is 0.